The fraction of sp³-hybridized carbons (Fsp3) is 0.632. The average Bonchev–Trinajstić information content (AvgIpc) is 2.64. The van der Waals surface area contributed by atoms with Crippen LogP contribution < -0.4 is 10.1 Å². The summed E-state index contributed by atoms with van der Waals surface area (Å²) in [7, 11) is 2.07. The van der Waals surface area contributed by atoms with Crippen molar-refractivity contribution in [2.45, 2.75) is 20.0 Å². The summed E-state index contributed by atoms with van der Waals surface area (Å²) in [5.41, 5.74) is 0.639. The second-order valence-corrected chi connectivity index (χ2v) is 6.36. The van der Waals surface area contributed by atoms with Gasteiger partial charge in [0.1, 0.15) is 12.4 Å². The SMILES string of the molecule is CCN(CC)CCOc1ccc(C(=O)NCC2CN(C)CCO2)cc1. The molecule has 6 heteroatoms. The molecule has 6 nitrogen and oxygen atoms in total. The molecule has 0 spiro atoms. The zero-order chi connectivity index (χ0) is 18.1. The lowest BCUT2D eigenvalue weighted by atomic mass is 10.2. The predicted octanol–water partition coefficient (Wildman–Crippen LogP) is 1.47. The highest BCUT2D eigenvalue weighted by molar-refractivity contribution is 5.94. The number of carbonyl (C=O) groups is 1. The molecule has 1 saturated heterocycles. The normalized spacial score (nSPS) is 18.3. The van der Waals surface area contributed by atoms with Crippen molar-refractivity contribution < 1.29 is 14.3 Å². The Kier molecular flexibility index (Phi) is 8.18. The molecule has 25 heavy (non-hydrogen) atoms. The highest BCUT2D eigenvalue weighted by atomic mass is 16.5. The number of likely N-dealkylation sites (N-methyl/N-ethyl adjacent to an activating group) is 2. The third-order valence-electron chi connectivity index (χ3n) is 4.52. The number of ether oxygens (including phenoxy) is 2. The molecule has 1 aromatic carbocycles. The van der Waals surface area contributed by atoms with E-state index in [1.54, 1.807) is 12.1 Å². The van der Waals surface area contributed by atoms with E-state index in [-0.39, 0.29) is 12.0 Å². The molecule has 1 unspecified atom stereocenters. The van der Waals surface area contributed by atoms with Gasteiger partial charge in [0, 0.05) is 31.7 Å². The lowest BCUT2D eigenvalue weighted by Crippen LogP contribution is -2.45. The lowest BCUT2D eigenvalue weighted by Gasteiger charge is -2.30. The van der Waals surface area contributed by atoms with Crippen LogP contribution in [0.2, 0.25) is 0 Å². The Balaban J connectivity index is 1.73. The molecule has 2 rings (SSSR count). The van der Waals surface area contributed by atoms with Gasteiger partial charge in [-0.3, -0.25) is 4.79 Å². The molecule has 1 N–H and O–H groups in total. The van der Waals surface area contributed by atoms with Crippen LogP contribution in [0.5, 0.6) is 5.75 Å². The zero-order valence-electron chi connectivity index (χ0n) is 15.7. The quantitative estimate of drug-likeness (QED) is 0.732. The van der Waals surface area contributed by atoms with E-state index >= 15 is 0 Å². The molecule has 1 heterocycles. The fourth-order valence-corrected chi connectivity index (χ4v) is 2.83. The van der Waals surface area contributed by atoms with Crippen LogP contribution in [-0.4, -0.2) is 81.3 Å². The third-order valence-corrected chi connectivity index (χ3v) is 4.52. The summed E-state index contributed by atoms with van der Waals surface area (Å²) in [6, 6.07) is 7.30. The molecule has 140 valence electrons. The van der Waals surface area contributed by atoms with Crippen LogP contribution in [-0.2, 0) is 4.74 Å². The number of amides is 1. The Morgan fingerprint density at radius 3 is 2.68 bits per heavy atom. The molecule has 1 atom stereocenters. The van der Waals surface area contributed by atoms with Gasteiger partial charge in [0.25, 0.3) is 5.91 Å². The van der Waals surface area contributed by atoms with Crippen LogP contribution in [0, 0.1) is 0 Å². The molecule has 0 aromatic heterocycles. The van der Waals surface area contributed by atoms with E-state index in [2.05, 4.69) is 36.0 Å². The van der Waals surface area contributed by atoms with Gasteiger partial charge in [0.05, 0.1) is 12.7 Å². The zero-order valence-corrected chi connectivity index (χ0v) is 15.7. The number of nitrogens with zero attached hydrogens (tertiary/aromatic N) is 2. The van der Waals surface area contributed by atoms with E-state index < -0.39 is 0 Å². The van der Waals surface area contributed by atoms with Crippen molar-refractivity contribution in [3.63, 3.8) is 0 Å². The lowest BCUT2D eigenvalue weighted by molar-refractivity contribution is -0.0175. The predicted molar refractivity (Wildman–Crippen MR) is 99.3 cm³/mol. The van der Waals surface area contributed by atoms with Crippen molar-refractivity contribution in [2.75, 3.05) is 59.5 Å². The number of morpholine rings is 1. The van der Waals surface area contributed by atoms with Crippen molar-refractivity contribution in [1.29, 1.82) is 0 Å². The molecule has 1 fully saturated rings. The first-order valence-electron chi connectivity index (χ1n) is 9.16. The summed E-state index contributed by atoms with van der Waals surface area (Å²) in [6.45, 7) is 11.0. The first-order valence-corrected chi connectivity index (χ1v) is 9.16. The van der Waals surface area contributed by atoms with Crippen LogP contribution >= 0.6 is 0 Å². The molecule has 1 aliphatic heterocycles. The summed E-state index contributed by atoms with van der Waals surface area (Å²) >= 11 is 0. The maximum absolute atomic E-state index is 12.2. The van der Waals surface area contributed by atoms with Gasteiger partial charge in [0.15, 0.2) is 0 Å². The molecule has 0 saturated carbocycles. The Hall–Kier alpha value is -1.63. The molecule has 1 amide bonds. The first-order chi connectivity index (χ1) is 12.1. The second-order valence-electron chi connectivity index (χ2n) is 6.36. The van der Waals surface area contributed by atoms with Gasteiger partial charge in [-0.15, -0.1) is 0 Å². The second kappa shape index (κ2) is 10.4. The molecule has 0 radical (unpaired) electrons. The van der Waals surface area contributed by atoms with Gasteiger partial charge >= 0.3 is 0 Å². The van der Waals surface area contributed by atoms with Gasteiger partial charge in [0.2, 0.25) is 0 Å². The highest BCUT2D eigenvalue weighted by Gasteiger charge is 2.18. The van der Waals surface area contributed by atoms with Gasteiger partial charge in [-0.05, 0) is 44.4 Å². The van der Waals surface area contributed by atoms with Crippen molar-refractivity contribution in [3.05, 3.63) is 29.8 Å². The molecule has 1 aliphatic rings. The number of benzene rings is 1. The van der Waals surface area contributed by atoms with Crippen LogP contribution in [0.4, 0.5) is 0 Å². The Bertz CT molecular complexity index is 517. The molecule has 0 aliphatic carbocycles. The number of nitrogens with one attached hydrogen (secondary N) is 1. The number of carbonyl (C=O) groups excluding carboxylic acids is 1. The van der Waals surface area contributed by atoms with Crippen molar-refractivity contribution in [1.82, 2.24) is 15.1 Å². The van der Waals surface area contributed by atoms with E-state index in [4.69, 9.17) is 9.47 Å². The minimum absolute atomic E-state index is 0.0605. The van der Waals surface area contributed by atoms with Gasteiger partial charge < -0.3 is 24.6 Å². The van der Waals surface area contributed by atoms with Gasteiger partial charge in [-0.25, -0.2) is 0 Å². The minimum Gasteiger partial charge on any atom is -0.492 e. The number of hydrogen-bond donors (Lipinski definition) is 1. The van der Waals surface area contributed by atoms with Crippen LogP contribution in [0.1, 0.15) is 24.2 Å². The highest BCUT2D eigenvalue weighted by Crippen LogP contribution is 2.12. The standard InChI is InChI=1S/C19H31N3O3/c1-4-22(5-2)11-13-24-17-8-6-16(7-9-17)19(23)20-14-18-15-21(3)10-12-25-18/h6-9,18H,4-5,10-15H2,1-3H3,(H,20,23). The Labute approximate surface area is 151 Å². The fourth-order valence-electron chi connectivity index (χ4n) is 2.83. The summed E-state index contributed by atoms with van der Waals surface area (Å²) in [4.78, 5) is 16.8. The van der Waals surface area contributed by atoms with Gasteiger partial charge in [-0.1, -0.05) is 13.8 Å². The van der Waals surface area contributed by atoms with Crippen molar-refractivity contribution in [3.8, 4) is 5.75 Å². The molecule has 0 bridgehead atoms. The molecular formula is C19H31N3O3. The summed E-state index contributed by atoms with van der Waals surface area (Å²) < 4.78 is 11.4. The number of rotatable bonds is 9. The van der Waals surface area contributed by atoms with Crippen molar-refractivity contribution >= 4 is 5.91 Å². The smallest absolute Gasteiger partial charge is 0.251 e. The Morgan fingerprint density at radius 1 is 1.32 bits per heavy atom. The van der Waals surface area contributed by atoms with E-state index in [0.717, 1.165) is 45.1 Å². The topological polar surface area (TPSA) is 54.0 Å². The summed E-state index contributed by atoms with van der Waals surface area (Å²) in [5.74, 6) is 0.715. The Morgan fingerprint density at radius 2 is 2.04 bits per heavy atom. The maximum Gasteiger partial charge on any atom is 0.251 e. The largest absolute Gasteiger partial charge is 0.492 e. The van der Waals surface area contributed by atoms with Gasteiger partial charge in [-0.2, -0.15) is 0 Å². The monoisotopic (exact) mass is 349 g/mol. The molecular weight excluding hydrogens is 318 g/mol. The number of hydrogen-bond acceptors (Lipinski definition) is 5. The first kappa shape index (κ1) is 19.7. The van der Waals surface area contributed by atoms with Crippen molar-refractivity contribution in [2.24, 2.45) is 0 Å². The van der Waals surface area contributed by atoms with Crippen LogP contribution in [0.3, 0.4) is 0 Å². The third kappa shape index (κ3) is 6.65. The van der Waals surface area contributed by atoms with Crippen LogP contribution in [0.15, 0.2) is 24.3 Å². The minimum atomic E-state index is -0.0773. The maximum atomic E-state index is 12.2. The average molecular weight is 349 g/mol. The van der Waals surface area contributed by atoms with E-state index in [1.165, 1.54) is 0 Å². The summed E-state index contributed by atoms with van der Waals surface area (Å²) in [5, 5.41) is 2.94. The summed E-state index contributed by atoms with van der Waals surface area (Å²) in [6.07, 6.45) is 0.0605. The van der Waals surface area contributed by atoms with E-state index in [9.17, 15) is 4.79 Å². The molecule has 1 aromatic rings. The van der Waals surface area contributed by atoms with E-state index in [1.807, 2.05) is 12.1 Å². The van der Waals surface area contributed by atoms with E-state index in [0.29, 0.717) is 18.7 Å². The van der Waals surface area contributed by atoms with Crippen LogP contribution in [0.25, 0.3) is 0 Å².